The molecule has 0 aliphatic carbocycles. The van der Waals surface area contributed by atoms with Crippen LogP contribution in [0, 0.1) is 0 Å². The fourth-order valence-electron chi connectivity index (χ4n) is 3.03. The molecule has 0 fully saturated rings. The van der Waals surface area contributed by atoms with Gasteiger partial charge in [0.2, 0.25) is 5.95 Å². The Kier molecular flexibility index (Phi) is 4.83. The molecule has 0 saturated heterocycles. The Bertz CT molecular complexity index is 1140. The van der Waals surface area contributed by atoms with Crippen molar-refractivity contribution < 1.29 is 4.79 Å². The maximum atomic E-state index is 12.4. The predicted octanol–water partition coefficient (Wildman–Crippen LogP) is 3.91. The van der Waals surface area contributed by atoms with E-state index in [1.807, 2.05) is 53.4 Å². The Labute approximate surface area is 167 Å². The summed E-state index contributed by atoms with van der Waals surface area (Å²) in [5.74, 6) is 0.520. The molecule has 1 aromatic carbocycles. The molecule has 0 radical (unpaired) electrons. The zero-order valence-corrected chi connectivity index (χ0v) is 16.6. The third-order valence-corrected chi connectivity index (χ3v) is 5.22. The van der Waals surface area contributed by atoms with Gasteiger partial charge in [-0.2, -0.15) is 0 Å². The number of benzene rings is 1. The summed E-state index contributed by atoms with van der Waals surface area (Å²) in [6.07, 6.45) is 9.32. The second-order valence-corrected chi connectivity index (χ2v) is 7.33. The summed E-state index contributed by atoms with van der Waals surface area (Å²) in [6, 6.07) is 11.5. The number of hydrogen-bond donors (Lipinski definition) is 0. The maximum Gasteiger partial charge on any atom is 0.253 e. The third kappa shape index (κ3) is 3.25. The summed E-state index contributed by atoms with van der Waals surface area (Å²) in [6.45, 7) is 0. The molecule has 0 aliphatic rings. The van der Waals surface area contributed by atoms with Crippen molar-refractivity contribution in [2.24, 2.45) is 0 Å². The van der Waals surface area contributed by atoms with E-state index in [-0.39, 0.29) is 5.91 Å². The monoisotopic (exact) mass is 389 g/mol. The Morgan fingerprint density at radius 1 is 1.07 bits per heavy atom. The smallest absolute Gasteiger partial charge is 0.253 e. The summed E-state index contributed by atoms with van der Waals surface area (Å²) < 4.78 is 1.93. The lowest BCUT2D eigenvalue weighted by Crippen LogP contribution is -2.21. The molecule has 1 amide bonds. The number of carbonyl (C=O) groups excluding carboxylic acids is 1. The molecule has 6 nitrogen and oxygen atoms in total. The molecular formula is C21H19N5OS. The quantitative estimate of drug-likeness (QED) is 0.495. The van der Waals surface area contributed by atoms with Crippen molar-refractivity contribution in [1.29, 1.82) is 0 Å². The van der Waals surface area contributed by atoms with E-state index in [1.165, 1.54) is 0 Å². The first-order valence-corrected chi connectivity index (χ1v) is 9.95. The lowest BCUT2D eigenvalue weighted by atomic mass is 10.1. The van der Waals surface area contributed by atoms with Gasteiger partial charge in [-0.1, -0.05) is 12.1 Å². The van der Waals surface area contributed by atoms with E-state index in [9.17, 15) is 4.79 Å². The average molecular weight is 389 g/mol. The van der Waals surface area contributed by atoms with Gasteiger partial charge in [0, 0.05) is 60.3 Å². The van der Waals surface area contributed by atoms with Crippen LogP contribution in [0.3, 0.4) is 0 Å². The van der Waals surface area contributed by atoms with Crippen molar-refractivity contribution in [1.82, 2.24) is 24.4 Å². The minimum Gasteiger partial charge on any atom is -0.345 e. The number of pyridine rings is 1. The number of thioether (sulfide) groups is 1. The summed E-state index contributed by atoms with van der Waals surface area (Å²) in [5.41, 5.74) is 3.22. The average Bonchev–Trinajstić information content (AvgIpc) is 3.12. The number of nitrogens with zero attached hydrogens (tertiary/aromatic N) is 5. The van der Waals surface area contributed by atoms with Crippen molar-refractivity contribution >= 4 is 28.6 Å². The van der Waals surface area contributed by atoms with E-state index in [1.54, 1.807) is 49.3 Å². The summed E-state index contributed by atoms with van der Waals surface area (Å²) in [4.78, 5) is 28.5. The van der Waals surface area contributed by atoms with Gasteiger partial charge in [-0.15, -0.1) is 11.8 Å². The van der Waals surface area contributed by atoms with E-state index in [0.29, 0.717) is 11.5 Å². The SMILES string of the molecule is CSc1cn(-c2ncc(-c3ccccn3)cn2)c2cc(C(=O)N(C)C)ccc12. The van der Waals surface area contributed by atoms with Crippen LogP contribution in [0.5, 0.6) is 0 Å². The molecule has 0 bridgehead atoms. The Morgan fingerprint density at radius 3 is 2.50 bits per heavy atom. The van der Waals surface area contributed by atoms with Crippen LogP contribution < -0.4 is 0 Å². The molecule has 28 heavy (non-hydrogen) atoms. The highest BCUT2D eigenvalue weighted by molar-refractivity contribution is 7.98. The van der Waals surface area contributed by atoms with Crippen molar-refractivity contribution in [2.45, 2.75) is 4.90 Å². The Morgan fingerprint density at radius 2 is 1.86 bits per heavy atom. The highest BCUT2D eigenvalue weighted by atomic mass is 32.2. The first-order chi connectivity index (χ1) is 13.6. The molecule has 0 N–H and O–H groups in total. The van der Waals surface area contributed by atoms with Gasteiger partial charge in [0.05, 0.1) is 11.2 Å². The van der Waals surface area contributed by atoms with Gasteiger partial charge in [-0.05, 0) is 30.5 Å². The molecule has 3 heterocycles. The van der Waals surface area contributed by atoms with E-state index < -0.39 is 0 Å². The fraction of sp³-hybridized carbons (Fsp3) is 0.143. The molecule has 140 valence electrons. The number of aromatic nitrogens is 4. The van der Waals surface area contributed by atoms with Crippen LogP contribution >= 0.6 is 11.8 Å². The number of rotatable bonds is 4. The van der Waals surface area contributed by atoms with E-state index in [0.717, 1.165) is 27.1 Å². The van der Waals surface area contributed by atoms with Gasteiger partial charge >= 0.3 is 0 Å². The van der Waals surface area contributed by atoms with Crippen LogP contribution in [0.4, 0.5) is 0 Å². The number of amides is 1. The van der Waals surface area contributed by atoms with E-state index >= 15 is 0 Å². The summed E-state index contributed by atoms with van der Waals surface area (Å²) in [7, 11) is 3.50. The number of hydrogen-bond acceptors (Lipinski definition) is 5. The minimum absolute atomic E-state index is 0.0354. The second kappa shape index (κ2) is 7.44. The maximum absolute atomic E-state index is 12.4. The summed E-state index contributed by atoms with van der Waals surface area (Å²) >= 11 is 1.65. The van der Waals surface area contributed by atoms with Gasteiger partial charge in [0.1, 0.15) is 0 Å². The standard InChI is InChI=1S/C21H19N5OS/c1-25(2)20(27)14-7-8-16-18(10-14)26(13-19(16)28-3)21-23-11-15(12-24-21)17-6-4-5-9-22-17/h4-13H,1-3H3. The molecule has 0 unspecified atom stereocenters. The van der Waals surface area contributed by atoms with Crippen LogP contribution in [-0.4, -0.2) is 50.7 Å². The molecule has 7 heteroatoms. The van der Waals surface area contributed by atoms with E-state index in [2.05, 4.69) is 15.0 Å². The van der Waals surface area contributed by atoms with Gasteiger partial charge < -0.3 is 4.90 Å². The Hall–Kier alpha value is -3.19. The van der Waals surface area contributed by atoms with Gasteiger partial charge in [0.15, 0.2) is 0 Å². The first-order valence-electron chi connectivity index (χ1n) is 8.73. The minimum atomic E-state index is -0.0354. The second-order valence-electron chi connectivity index (χ2n) is 6.49. The lowest BCUT2D eigenvalue weighted by molar-refractivity contribution is 0.0827. The summed E-state index contributed by atoms with van der Waals surface area (Å²) in [5, 5.41) is 1.07. The fourth-order valence-corrected chi connectivity index (χ4v) is 3.63. The van der Waals surface area contributed by atoms with Gasteiger partial charge in [0.25, 0.3) is 5.91 Å². The predicted molar refractivity (Wildman–Crippen MR) is 112 cm³/mol. The topological polar surface area (TPSA) is 63.9 Å². The molecule has 0 saturated carbocycles. The van der Waals surface area contributed by atoms with Crippen LogP contribution in [0.1, 0.15) is 10.4 Å². The lowest BCUT2D eigenvalue weighted by Gasteiger charge is -2.11. The van der Waals surface area contributed by atoms with Crippen molar-refractivity contribution in [3.8, 4) is 17.2 Å². The zero-order valence-electron chi connectivity index (χ0n) is 15.8. The molecule has 4 aromatic rings. The third-order valence-electron chi connectivity index (χ3n) is 4.46. The van der Waals surface area contributed by atoms with Gasteiger partial charge in [-0.3, -0.25) is 14.3 Å². The molecule has 0 atom stereocenters. The molecule has 0 aliphatic heterocycles. The number of carbonyl (C=O) groups is 1. The molecule has 3 aromatic heterocycles. The first kappa shape index (κ1) is 18.2. The van der Waals surface area contributed by atoms with Crippen LogP contribution in [0.2, 0.25) is 0 Å². The van der Waals surface area contributed by atoms with Crippen LogP contribution in [-0.2, 0) is 0 Å². The highest BCUT2D eigenvalue weighted by Gasteiger charge is 2.15. The molecular weight excluding hydrogens is 370 g/mol. The molecule has 4 rings (SSSR count). The van der Waals surface area contributed by atoms with Crippen molar-refractivity contribution in [3.63, 3.8) is 0 Å². The van der Waals surface area contributed by atoms with E-state index in [4.69, 9.17) is 0 Å². The highest BCUT2D eigenvalue weighted by Crippen LogP contribution is 2.31. The number of fused-ring (bicyclic) bond motifs is 1. The van der Waals surface area contributed by atoms with Crippen molar-refractivity contribution in [2.75, 3.05) is 20.4 Å². The Balaban J connectivity index is 1.81. The normalized spacial score (nSPS) is 11.0. The largest absolute Gasteiger partial charge is 0.345 e. The molecule has 0 spiro atoms. The van der Waals surface area contributed by atoms with Crippen molar-refractivity contribution in [3.05, 3.63) is 66.7 Å². The zero-order chi connectivity index (χ0) is 19.7. The van der Waals surface area contributed by atoms with Crippen LogP contribution in [0.15, 0.2) is 66.1 Å². The van der Waals surface area contributed by atoms with Gasteiger partial charge in [-0.25, -0.2) is 9.97 Å². The van der Waals surface area contributed by atoms with Crippen LogP contribution in [0.25, 0.3) is 28.1 Å².